The molecule has 7 heteroatoms. The zero-order chi connectivity index (χ0) is 22.5. The third-order valence-corrected chi connectivity index (χ3v) is 7.19. The van der Waals surface area contributed by atoms with Crippen molar-refractivity contribution >= 4 is 27.4 Å². The van der Waals surface area contributed by atoms with Crippen LogP contribution in [-0.2, 0) is 11.3 Å². The number of benzene rings is 2. The Morgan fingerprint density at radius 3 is 2.61 bits per heavy atom. The van der Waals surface area contributed by atoms with Gasteiger partial charge in [-0.1, -0.05) is 54.6 Å². The number of nitrogens with one attached hydrogen (secondary N) is 2. The summed E-state index contributed by atoms with van der Waals surface area (Å²) in [5.41, 5.74) is 4.70. The first-order chi connectivity index (χ1) is 16.3. The van der Waals surface area contributed by atoms with Crippen molar-refractivity contribution in [1.82, 2.24) is 20.2 Å². The number of nitrogens with zero attached hydrogens (tertiary/aromatic N) is 3. The number of rotatable bonds is 8. The molecule has 2 N–H and O–H groups in total. The molecule has 2 aromatic heterocycles. The summed E-state index contributed by atoms with van der Waals surface area (Å²) >= 11 is 1.73. The molecular weight excluding hydrogens is 430 g/mol. The fourth-order valence-corrected chi connectivity index (χ4v) is 5.31. The Bertz CT molecular complexity index is 1170. The van der Waals surface area contributed by atoms with Crippen LogP contribution in [0, 0.1) is 0 Å². The Balaban J connectivity index is 1.37. The molecule has 1 fully saturated rings. The van der Waals surface area contributed by atoms with Crippen molar-refractivity contribution in [3.05, 3.63) is 78.1 Å². The average Bonchev–Trinajstić information content (AvgIpc) is 3.31. The van der Waals surface area contributed by atoms with Gasteiger partial charge in [-0.3, -0.25) is 4.90 Å². The Morgan fingerprint density at radius 2 is 1.85 bits per heavy atom. The number of thiophene rings is 1. The minimum Gasteiger partial charge on any atom is -0.382 e. The number of methoxy groups -OCH3 is 1. The van der Waals surface area contributed by atoms with Crippen LogP contribution in [0.5, 0.6) is 0 Å². The van der Waals surface area contributed by atoms with Crippen LogP contribution in [0.3, 0.4) is 0 Å². The molecule has 2 aromatic carbocycles. The van der Waals surface area contributed by atoms with E-state index in [1.54, 1.807) is 24.8 Å². The van der Waals surface area contributed by atoms with E-state index in [1.807, 2.05) is 18.2 Å². The van der Waals surface area contributed by atoms with Crippen LogP contribution in [0.15, 0.2) is 67.0 Å². The van der Waals surface area contributed by atoms with Gasteiger partial charge in [-0.25, -0.2) is 9.97 Å². The molecule has 0 bridgehead atoms. The number of anilines is 1. The van der Waals surface area contributed by atoms with E-state index < -0.39 is 0 Å². The molecule has 170 valence electrons. The Hall–Kier alpha value is -2.84. The number of hydrogen-bond donors (Lipinski definition) is 2. The maximum atomic E-state index is 5.47. The number of fused-ring (bicyclic) bond motifs is 1. The highest BCUT2D eigenvalue weighted by atomic mass is 32.1. The van der Waals surface area contributed by atoms with Gasteiger partial charge in [0.25, 0.3) is 0 Å². The summed E-state index contributed by atoms with van der Waals surface area (Å²) in [6.45, 7) is 5.94. The standard InChI is InChI=1S/C26H29N5OS/c1-32-17-23(20-5-3-2-4-6-20)30-26-25-22(28-18-29-26)15-24(33-25)21-9-7-19(8-10-21)16-31-13-11-27-12-14-31/h2-10,15,18,23,27H,11-14,16-17H2,1H3,(H,28,29,30)/t23-/m1/s1. The second kappa shape index (κ2) is 10.4. The lowest BCUT2D eigenvalue weighted by atomic mass is 10.1. The summed E-state index contributed by atoms with van der Waals surface area (Å²) in [6.07, 6.45) is 1.63. The highest BCUT2D eigenvalue weighted by Crippen LogP contribution is 2.36. The first kappa shape index (κ1) is 22.0. The zero-order valence-electron chi connectivity index (χ0n) is 18.8. The van der Waals surface area contributed by atoms with Crippen LogP contribution in [0.25, 0.3) is 20.7 Å². The highest BCUT2D eigenvalue weighted by molar-refractivity contribution is 7.22. The molecule has 5 rings (SSSR count). The van der Waals surface area contributed by atoms with E-state index >= 15 is 0 Å². The van der Waals surface area contributed by atoms with Gasteiger partial charge in [0.15, 0.2) is 0 Å². The lowest BCUT2D eigenvalue weighted by molar-refractivity contribution is 0.186. The van der Waals surface area contributed by atoms with E-state index in [0.717, 1.165) is 48.8 Å². The van der Waals surface area contributed by atoms with Crippen molar-refractivity contribution in [2.45, 2.75) is 12.6 Å². The highest BCUT2D eigenvalue weighted by Gasteiger charge is 2.16. The summed E-state index contributed by atoms with van der Waals surface area (Å²) in [6, 6.07) is 21.4. The molecule has 33 heavy (non-hydrogen) atoms. The topological polar surface area (TPSA) is 62.3 Å². The van der Waals surface area contributed by atoms with Crippen molar-refractivity contribution in [3.63, 3.8) is 0 Å². The first-order valence-corrected chi connectivity index (χ1v) is 12.2. The van der Waals surface area contributed by atoms with Crippen LogP contribution < -0.4 is 10.6 Å². The average molecular weight is 460 g/mol. The van der Waals surface area contributed by atoms with Gasteiger partial charge in [-0.2, -0.15) is 0 Å². The number of aromatic nitrogens is 2. The van der Waals surface area contributed by atoms with Gasteiger partial charge >= 0.3 is 0 Å². The Kier molecular flexibility index (Phi) is 6.92. The van der Waals surface area contributed by atoms with Gasteiger partial charge in [0.05, 0.1) is 22.9 Å². The van der Waals surface area contributed by atoms with Gasteiger partial charge in [0.1, 0.15) is 12.1 Å². The Morgan fingerprint density at radius 1 is 1.06 bits per heavy atom. The van der Waals surface area contributed by atoms with Crippen molar-refractivity contribution in [1.29, 1.82) is 0 Å². The summed E-state index contributed by atoms with van der Waals surface area (Å²) in [7, 11) is 1.72. The second-order valence-corrected chi connectivity index (χ2v) is 9.39. The van der Waals surface area contributed by atoms with Gasteiger partial charge in [-0.15, -0.1) is 11.3 Å². The molecule has 0 aliphatic carbocycles. The molecule has 1 atom stereocenters. The van der Waals surface area contributed by atoms with E-state index in [1.165, 1.54) is 21.6 Å². The molecule has 0 unspecified atom stereocenters. The third-order valence-electron chi connectivity index (χ3n) is 6.01. The molecule has 0 amide bonds. The van der Waals surface area contributed by atoms with Crippen molar-refractivity contribution in [2.75, 3.05) is 45.2 Å². The summed E-state index contributed by atoms with van der Waals surface area (Å²) in [4.78, 5) is 12.8. The molecule has 0 saturated carbocycles. The largest absolute Gasteiger partial charge is 0.382 e. The van der Waals surface area contributed by atoms with Crippen LogP contribution in [0.4, 0.5) is 5.82 Å². The van der Waals surface area contributed by atoms with Crippen LogP contribution in [0.1, 0.15) is 17.2 Å². The van der Waals surface area contributed by atoms with Crippen LogP contribution in [-0.4, -0.2) is 54.8 Å². The minimum absolute atomic E-state index is 0.0177. The molecule has 3 heterocycles. The molecule has 1 aliphatic heterocycles. The monoisotopic (exact) mass is 459 g/mol. The molecule has 4 aromatic rings. The Labute approximate surface area is 198 Å². The maximum absolute atomic E-state index is 5.47. The molecule has 6 nitrogen and oxygen atoms in total. The maximum Gasteiger partial charge on any atom is 0.148 e. The molecule has 0 spiro atoms. The van der Waals surface area contributed by atoms with Crippen LogP contribution in [0.2, 0.25) is 0 Å². The lowest BCUT2D eigenvalue weighted by Crippen LogP contribution is -2.42. The van der Waals surface area contributed by atoms with Crippen molar-refractivity contribution < 1.29 is 4.74 Å². The summed E-state index contributed by atoms with van der Waals surface area (Å²) < 4.78 is 6.54. The molecule has 1 aliphatic rings. The quantitative estimate of drug-likeness (QED) is 0.403. The first-order valence-electron chi connectivity index (χ1n) is 11.4. The van der Waals surface area contributed by atoms with Gasteiger partial charge in [0.2, 0.25) is 0 Å². The summed E-state index contributed by atoms with van der Waals surface area (Å²) in [5.74, 6) is 0.845. The fraction of sp³-hybridized carbons (Fsp3) is 0.308. The van der Waals surface area contributed by atoms with Crippen molar-refractivity contribution in [2.24, 2.45) is 0 Å². The van der Waals surface area contributed by atoms with E-state index in [2.05, 4.69) is 68.0 Å². The second-order valence-electron chi connectivity index (χ2n) is 8.33. The van der Waals surface area contributed by atoms with Gasteiger partial charge in [0, 0.05) is 44.7 Å². The SMILES string of the molecule is COC[C@@H](Nc1ncnc2cc(-c3ccc(CN4CCNCC4)cc3)sc12)c1ccccc1. The smallest absolute Gasteiger partial charge is 0.148 e. The van der Waals surface area contributed by atoms with E-state index in [9.17, 15) is 0 Å². The van der Waals surface area contributed by atoms with Gasteiger partial charge in [-0.05, 0) is 22.8 Å². The van der Waals surface area contributed by atoms with E-state index in [0.29, 0.717) is 6.61 Å². The lowest BCUT2D eigenvalue weighted by Gasteiger charge is -2.27. The number of hydrogen-bond acceptors (Lipinski definition) is 7. The fourth-order valence-electron chi connectivity index (χ4n) is 4.24. The minimum atomic E-state index is 0.0177. The number of ether oxygens (including phenoxy) is 1. The summed E-state index contributed by atoms with van der Waals surface area (Å²) in [5, 5.41) is 7.00. The third kappa shape index (κ3) is 5.23. The predicted molar refractivity (Wildman–Crippen MR) is 136 cm³/mol. The van der Waals surface area contributed by atoms with Crippen molar-refractivity contribution in [3.8, 4) is 10.4 Å². The van der Waals surface area contributed by atoms with E-state index in [-0.39, 0.29) is 6.04 Å². The molecule has 1 saturated heterocycles. The number of piperazine rings is 1. The predicted octanol–water partition coefficient (Wildman–Crippen LogP) is 4.56. The van der Waals surface area contributed by atoms with Crippen LogP contribution >= 0.6 is 11.3 Å². The normalized spacial score (nSPS) is 15.5. The zero-order valence-corrected chi connectivity index (χ0v) is 19.6. The molecule has 0 radical (unpaired) electrons. The van der Waals surface area contributed by atoms with Gasteiger partial charge < -0.3 is 15.4 Å². The molecular formula is C26H29N5OS. The van der Waals surface area contributed by atoms with E-state index in [4.69, 9.17) is 4.74 Å².